The number of carbonyl (C=O) groups excluding carboxylic acids is 1. The van der Waals surface area contributed by atoms with Gasteiger partial charge in [-0.05, 0) is 43.9 Å². The molecular weight excluding hydrogens is 250 g/mol. The molecule has 1 saturated carbocycles. The largest absolute Gasteiger partial charge is 0.310 e. The summed E-state index contributed by atoms with van der Waals surface area (Å²) < 4.78 is 1.90. The third-order valence-corrected chi connectivity index (χ3v) is 3.87. The lowest BCUT2D eigenvalue weighted by molar-refractivity contribution is -0.111. The molecular formula is C14H18ClNO2. The van der Waals surface area contributed by atoms with E-state index in [0.717, 1.165) is 18.5 Å². The van der Waals surface area contributed by atoms with Gasteiger partial charge in [0.05, 0.1) is 0 Å². The maximum Gasteiger partial charge on any atom is 0.254 e. The van der Waals surface area contributed by atoms with Crippen molar-refractivity contribution in [2.24, 2.45) is 0 Å². The second-order valence-corrected chi connectivity index (χ2v) is 5.39. The van der Waals surface area contributed by atoms with Crippen molar-refractivity contribution in [1.82, 2.24) is 4.57 Å². The highest BCUT2D eigenvalue weighted by atomic mass is 35.5. The fourth-order valence-electron chi connectivity index (χ4n) is 2.73. The summed E-state index contributed by atoms with van der Waals surface area (Å²) in [5.74, 6) is 0. The molecule has 0 N–H and O–H groups in total. The quantitative estimate of drug-likeness (QED) is 0.787. The maximum absolute atomic E-state index is 12.4. The minimum atomic E-state index is -0.387. The fourth-order valence-corrected chi connectivity index (χ4v) is 2.82. The van der Waals surface area contributed by atoms with E-state index in [4.69, 9.17) is 11.6 Å². The molecule has 0 unspecified atom stereocenters. The molecule has 4 heteroatoms. The van der Waals surface area contributed by atoms with E-state index >= 15 is 0 Å². The van der Waals surface area contributed by atoms with Crippen molar-refractivity contribution in [3.05, 3.63) is 33.7 Å². The molecule has 0 amide bonds. The first-order valence-electron chi connectivity index (χ1n) is 6.49. The van der Waals surface area contributed by atoms with Gasteiger partial charge in [0.2, 0.25) is 5.24 Å². The summed E-state index contributed by atoms with van der Waals surface area (Å²) in [6.45, 7) is 1.97. The Labute approximate surface area is 112 Å². The highest BCUT2D eigenvalue weighted by molar-refractivity contribution is 6.63. The molecule has 0 radical (unpaired) electrons. The Bertz CT molecular complexity index is 501. The highest BCUT2D eigenvalue weighted by Gasteiger charge is 2.20. The molecule has 1 aromatic rings. The van der Waals surface area contributed by atoms with Crippen LogP contribution in [0.1, 0.15) is 49.4 Å². The van der Waals surface area contributed by atoms with Crippen LogP contribution in [0.3, 0.4) is 0 Å². The molecule has 2 rings (SSSR count). The molecule has 0 aliphatic heterocycles. The normalized spacial score (nSPS) is 16.1. The summed E-state index contributed by atoms with van der Waals surface area (Å²) in [5, 5.41) is -0.387. The Morgan fingerprint density at radius 1 is 1.39 bits per heavy atom. The Kier molecular flexibility index (Phi) is 4.23. The third-order valence-electron chi connectivity index (χ3n) is 3.68. The molecule has 3 nitrogen and oxygen atoms in total. The van der Waals surface area contributed by atoms with Crippen LogP contribution in [0.25, 0.3) is 0 Å². The van der Waals surface area contributed by atoms with Crippen molar-refractivity contribution < 1.29 is 4.79 Å². The molecule has 0 bridgehead atoms. The van der Waals surface area contributed by atoms with Gasteiger partial charge in [-0.2, -0.15) is 0 Å². The third kappa shape index (κ3) is 2.83. The molecule has 0 spiro atoms. The number of pyridine rings is 1. The predicted octanol–water partition coefficient (Wildman–Crippen LogP) is 2.97. The second kappa shape index (κ2) is 5.70. The summed E-state index contributed by atoms with van der Waals surface area (Å²) in [4.78, 5) is 23.2. The number of aromatic nitrogens is 1. The first-order valence-corrected chi connectivity index (χ1v) is 6.86. The minimum Gasteiger partial charge on any atom is -0.310 e. The molecule has 18 heavy (non-hydrogen) atoms. The van der Waals surface area contributed by atoms with Crippen LogP contribution in [0.4, 0.5) is 0 Å². The lowest BCUT2D eigenvalue weighted by atomic mass is 10.1. The van der Waals surface area contributed by atoms with E-state index < -0.39 is 0 Å². The Balaban J connectivity index is 2.30. The van der Waals surface area contributed by atoms with Crippen LogP contribution in [0.2, 0.25) is 0 Å². The van der Waals surface area contributed by atoms with Crippen LogP contribution in [0.15, 0.2) is 16.9 Å². The van der Waals surface area contributed by atoms with Crippen molar-refractivity contribution in [1.29, 1.82) is 0 Å². The Morgan fingerprint density at radius 2 is 2.06 bits per heavy atom. The van der Waals surface area contributed by atoms with E-state index in [1.807, 2.05) is 23.6 Å². The molecule has 1 fully saturated rings. The maximum atomic E-state index is 12.4. The zero-order valence-electron chi connectivity index (χ0n) is 10.6. The van der Waals surface area contributed by atoms with Crippen molar-refractivity contribution in [2.45, 2.75) is 51.5 Å². The van der Waals surface area contributed by atoms with E-state index in [2.05, 4.69) is 0 Å². The Morgan fingerprint density at radius 3 is 2.67 bits per heavy atom. The molecule has 1 aliphatic carbocycles. The summed E-state index contributed by atoms with van der Waals surface area (Å²) in [5.41, 5.74) is 1.76. The minimum absolute atomic E-state index is 0.0554. The zero-order chi connectivity index (χ0) is 13.1. The molecule has 0 saturated heterocycles. The van der Waals surface area contributed by atoms with Crippen LogP contribution in [-0.2, 0) is 11.2 Å². The van der Waals surface area contributed by atoms with Gasteiger partial charge in [0.25, 0.3) is 5.56 Å². The Hall–Kier alpha value is -1.09. The van der Waals surface area contributed by atoms with Crippen molar-refractivity contribution in [3.63, 3.8) is 0 Å². The second-order valence-electron chi connectivity index (χ2n) is 4.97. The average molecular weight is 268 g/mol. The zero-order valence-corrected chi connectivity index (χ0v) is 11.4. The molecule has 98 valence electrons. The topological polar surface area (TPSA) is 39.1 Å². The number of nitrogens with zero attached hydrogens (tertiary/aromatic N) is 1. The summed E-state index contributed by atoms with van der Waals surface area (Å²) >= 11 is 5.33. The standard InChI is InChI=1S/C14H18ClNO2/c1-10-6-7-11(8-9-13(15)17)14(18)16(10)12-4-2-3-5-12/h6-7,12H,2-5,8-9H2,1H3. The van der Waals surface area contributed by atoms with Gasteiger partial charge in [-0.3, -0.25) is 9.59 Å². The van der Waals surface area contributed by atoms with Crippen LogP contribution < -0.4 is 5.56 Å². The molecule has 1 aliphatic rings. The van der Waals surface area contributed by atoms with E-state index in [0.29, 0.717) is 18.0 Å². The van der Waals surface area contributed by atoms with Crippen molar-refractivity contribution in [3.8, 4) is 0 Å². The van der Waals surface area contributed by atoms with E-state index in [9.17, 15) is 9.59 Å². The number of halogens is 1. The first-order chi connectivity index (χ1) is 8.59. The van der Waals surface area contributed by atoms with Gasteiger partial charge in [0, 0.05) is 23.7 Å². The number of rotatable bonds is 4. The van der Waals surface area contributed by atoms with E-state index in [1.54, 1.807) is 0 Å². The van der Waals surface area contributed by atoms with Crippen molar-refractivity contribution in [2.75, 3.05) is 0 Å². The average Bonchev–Trinajstić information content (AvgIpc) is 2.81. The molecule has 0 atom stereocenters. The van der Waals surface area contributed by atoms with Gasteiger partial charge in [0.1, 0.15) is 0 Å². The molecule has 1 aromatic heterocycles. The van der Waals surface area contributed by atoms with Gasteiger partial charge in [-0.25, -0.2) is 0 Å². The molecule has 1 heterocycles. The highest BCUT2D eigenvalue weighted by Crippen LogP contribution is 2.29. The number of carbonyl (C=O) groups is 1. The number of hydrogen-bond donors (Lipinski definition) is 0. The number of hydrogen-bond acceptors (Lipinski definition) is 2. The van der Waals surface area contributed by atoms with E-state index in [-0.39, 0.29) is 17.2 Å². The van der Waals surface area contributed by atoms with E-state index in [1.165, 1.54) is 12.8 Å². The van der Waals surface area contributed by atoms with Crippen LogP contribution in [0, 0.1) is 6.92 Å². The van der Waals surface area contributed by atoms with Crippen LogP contribution in [-0.4, -0.2) is 9.81 Å². The lowest BCUT2D eigenvalue weighted by Gasteiger charge is -2.18. The SMILES string of the molecule is Cc1ccc(CCC(=O)Cl)c(=O)n1C1CCCC1. The van der Waals surface area contributed by atoms with Gasteiger partial charge < -0.3 is 4.57 Å². The fraction of sp³-hybridized carbons (Fsp3) is 0.571. The summed E-state index contributed by atoms with van der Waals surface area (Å²) in [7, 11) is 0. The lowest BCUT2D eigenvalue weighted by Crippen LogP contribution is -2.28. The monoisotopic (exact) mass is 267 g/mol. The van der Waals surface area contributed by atoms with Crippen LogP contribution >= 0.6 is 11.6 Å². The molecule has 0 aromatic carbocycles. The number of aryl methyl sites for hydroxylation is 2. The van der Waals surface area contributed by atoms with Gasteiger partial charge >= 0.3 is 0 Å². The van der Waals surface area contributed by atoms with Gasteiger partial charge in [-0.1, -0.05) is 18.9 Å². The smallest absolute Gasteiger partial charge is 0.254 e. The summed E-state index contributed by atoms with van der Waals surface area (Å²) in [6, 6.07) is 4.13. The summed E-state index contributed by atoms with van der Waals surface area (Å²) in [6.07, 6.45) is 5.22. The predicted molar refractivity (Wildman–Crippen MR) is 72.1 cm³/mol. The van der Waals surface area contributed by atoms with Crippen LogP contribution in [0.5, 0.6) is 0 Å². The van der Waals surface area contributed by atoms with Gasteiger partial charge in [0.15, 0.2) is 0 Å². The first kappa shape index (κ1) is 13.3. The van der Waals surface area contributed by atoms with Gasteiger partial charge in [-0.15, -0.1) is 0 Å². The van der Waals surface area contributed by atoms with Crippen molar-refractivity contribution >= 4 is 16.8 Å².